The van der Waals surface area contributed by atoms with Gasteiger partial charge < -0.3 is 14.3 Å². The maximum atomic E-state index is 12.3. The van der Waals surface area contributed by atoms with Gasteiger partial charge in [0.2, 0.25) is 0 Å². The molecule has 1 heterocycles. The number of hydrogen-bond acceptors (Lipinski definition) is 5. The minimum Gasteiger partial charge on any atom is -0.427 e. The predicted molar refractivity (Wildman–Crippen MR) is 143 cm³/mol. The summed E-state index contributed by atoms with van der Waals surface area (Å²) in [5.41, 5.74) is 1.79. The first-order valence-corrected chi connectivity index (χ1v) is 12.6. The lowest BCUT2D eigenvalue weighted by Gasteiger charge is -2.37. The molecule has 0 aliphatic carbocycles. The van der Waals surface area contributed by atoms with Crippen molar-refractivity contribution in [3.8, 4) is 0 Å². The van der Waals surface area contributed by atoms with Gasteiger partial charge in [-0.05, 0) is 65.9 Å². The van der Waals surface area contributed by atoms with Crippen molar-refractivity contribution >= 4 is 27.7 Å². The first-order valence-electron chi connectivity index (χ1n) is 12.6. The van der Waals surface area contributed by atoms with Gasteiger partial charge in [0, 0.05) is 12.5 Å². The fraction of sp³-hybridized carbons (Fsp3) is 0.323. The molecule has 2 atom stereocenters. The monoisotopic (exact) mass is 483 g/mol. The first kappa shape index (κ1) is 24.3. The molecule has 0 radical (unpaired) electrons. The SMILES string of the molecule is CC(C)(C)OC(=O)ON1CCC(c2cccc3ccccc23)C(OCc2ccc3ccccc3c2)C1. The van der Waals surface area contributed by atoms with E-state index in [1.165, 1.54) is 27.1 Å². The van der Waals surface area contributed by atoms with E-state index in [1.807, 2.05) is 20.8 Å². The van der Waals surface area contributed by atoms with Gasteiger partial charge in [-0.2, -0.15) is 0 Å². The van der Waals surface area contributed by atoms with Crippen LogP contribution in [-0.2, 0) is 20.9 Å². The van der Waals surface area contributed by atoms with Crippen LogP contribution in [0.3, 0.4) is 0 Å². The fourth-order valence-corrected chi connectivity index (χ4v) is 4.98. The van der Waals surface area contributed by atoms with E-state index in [4.69, 9.17) is 14.3 Å². The second kappa shape index (κ2) is 10.3. The van der Waals surface area contributed by atoms with Crippen molar-refractivity contribution in [1.82, 2.24) is 5.06 Å². The Labute approximate surface area is 212 Å². The smallest absolute Gasteiger partial charge is 0.427 e. The van der Waals surface area contributed by atoms with Crippen molar-refractivity contribution in [2.75, 3.05) is 13.1 Å². The Kier molecular flexibility index (Phi) is 6.95. The molecular weight excluding hydrogens is 450 g/mol. The molecule has 186 valence electrons. The van der Waals surface area contributed by atoms with E-state index in [-0.39, 0.29) is 12.0 Å². The van der Waals surface area contributed by atoms with E-state index < -0.39 is 11.8 Å². The van der Waals surface area contributed by atoms with Crippen LogP contribution < -0.4 is 0 Å². The van der Waals surface area contributed by atoms with Crippen molar-refractivity contribution in [2.45, 2.75) is 51.4 Å². The Morgan fingerprint density at radius 2 is 1.61 bits per heavy atom. The third kappa shape index (κ3) is 5.69. The molecule has 1 aliphatic heterocycles. The standard InChI is InChI=1S/C31H33NO4/c1-31(2,3)35-30(33)36-32-18-17-28(27-14-8-12-24-10-6-7-13-26(24)27)29(20-32)34-21-22-15-16-23-9-4-5-11-25(23)19-22/h4-16,19,28-29H,17-18,20-21H2,1-3H3. The number of benzene rings is 4. The topological polar surface area (TPSA) is 48.0 Å². The Bertz CT molecular complexity index is 1350. The van der Waals surface area contributed by atoms with Crippen molar-refractivity contribution in [3.05, 3.63) is 96.1 Å². The molecule has 0 N–H and O–H groups in total. The van der Waals surface area contributed by atoms with Gasteiger partial charge in [0.1, 0.15) is 5.60 Å². The van der Waals surface area contributed by atoms with Gasteiger partial charge in [-0.25, -0.2) is 4.79 Å². The molecule has 0 saturated carbocycles. The summed E-state index contributed by atoms with van der Waals surface area (Å²) in [6, 6.07) is 29.7. The normalized spacial score (nSPS) is 18.9. The third-order valence-electron chi connectivity index (χ3n) is 6.62. The second-order valence-corrected chi connectivity index (χ2v) is 10.4. The zero-order chi connectivity index (χ0) is 25.1. The molecule has 2 unspecified atom stereocenters. The van der Waals surface area contributed by atoms with Gasteiger partial charge in [-0.3, -0.25) is 0 Å². The highest BCUT2D eigenvalue weighted by molar-refractivity contribution is 5.86. The molecule has 4 aromatic rings. The van der Waals surface area contributed by atoms with Crippen molar-refractivity contribution in [1.29, 1.82) is 0 Å². The van der Waals surface area contributed by atoms with Gasteiger partial charge in [0.05, 0.1) is 19.3 Å². The number of nitrogens with zero attached hydrogens (tertiary/aromatic N) is 1. The maximum Gasteiger partial charge on any atom is 0.528 e. The Balaban J connectivity index is 1.38. The number of carbonyl (C=O) groups excluding carboxylic acids is 1. The first-order chi connectivity index (χ1) is 17.4. The lowest BCUT2D eigenvalue weighted by atomic mass is 9.84. The average molecular weight is 484 g/mol. The van der Waals surface area contributed by atoms with Crippen LogP contribution in [0.15, 0.2) is 84.9 Å². The van der Waals surface area contributed by atoms with Gasteiger partial charge >= 0.3 is 6.16 Å². The van der Waals surface area contributed by atoms with E-state index in [1.54, 1.807) is 5.06 Å². The Hall–Kier alpha value is -3.41. The molecule has 1 aliphatic rings. The minimum atomic E-state index is -0.681. The van der Waals surface area contributed by atoms with Gasteiger partial charge in [0.25, 0.3) is 0 Å². The molecule has 0 amide bonds. The molecule has 0 bridgehead atoms. The van der Waals surface area contributed by atoms with Gasteiger partial charge in [-0.1, -0.05) is 78.9 Å². The maximum absolute atomic E-state index is 12.3. The zero-order valence-corrected chi connectivity index (χ0v) is 21.1. The molecule has 4 aromatic carbocycles. The Morgan fingerprint density at radius 1 is 0.889 bits per heavy atom. The summed E-state index contributed by atoms with van der Waals surface area (Å²) in [4.78, 5) is 17.9. The predicted octanol–water partition coefficient (Wildman–Crippen LogP) is 7.23. The molecule has 5 nitrogen and oxygen atoms in total. The van der Waals surface area contributed by atoms with Crippen LogP contribution in [0, 0.1) is 0 Å². The largest absolute Gasteiger partial charge is 0.528 e. The minimum absolute atomic E-state index is 0.154. The van der Waals surface area contributed by atoms with E-state index in [2.05, 4.69) is 84.9 Å². The number of hydroxylamine groups is 2. The third-order valence-corrected chi connectivity index (χ3v) is 6.62. The van der Waals surface area contributed by atoms with E-state index in [0.29, 0.717) is 19.7 Å². The van der Waals surface area contributed by atoms with Crippen LogP contribution in [0.4, 0.5) is 4.79 Å². The van der Waals surface area contributed by atoms with E-state index in [0.717, 1.165) is 12.0 Å². The molecule has 5 rings (SSSR count). The second-order valence-electron chi connectivity index (χ2n) is 10.4. The van der Waals surface area contributed by atoms with Crippen LogP contribution in [-0.4, -0.2) is 36.0 Å². The van der Waals surface area contributed by atoms with Crippen molar-refractivity contribution in [2.24, 2.45) is 0 Å². The van der Waals surface area contributed by atoms with Crippen LogP contribution in [0.2, 0.25) is 0 Å². The summed E-state index contributed by atoms with van der Waals surface area (Å²) >= 11 is 0. The summed E-state index contributed by atoms with van der Waals surface area (Å²) in [7, 11) is 0. The molecule has 5 heteroatoms. The van der Waals surface area contributed by atoms with Gasteiger partial charge in [-0.15, -0.1) is 5.06 Å². The Morgan fingerprint density at radius 3 is 2.42 bits per heavy atom. The molecule has 0 aromatic heterocycles. The summed E-state index contributed by atoms with van der Waals surface area (Å²) < 4.78 is 11.9. The number of rotatable bonds is 5. The summed E-state index contributed by atoms with van der Waals surface area (Å²) in [5, 5.41) is 6.55. The highest BCUT2D eigenvalue weighted by Gasteiger charge is 2.34. The fourth-order valence-electron chi connectivity index (χ4n) is 4.98. The molecule has 1 fully saturated rings. The highest BCUT2D eigenvalue weighted by atomic mass is 16.8. The molecule has 0 spiro atoms. The number of piperidine rings is 1. The lowest BCUT2D eigenvalue weighted by Crippen LogP contribution is -2.45. The summed E-state index contributed by atoms with van der Waals surface area (Å²) in [5.74, 6) is 0.176. The van der Waals surface area contributed by atoms with Crippen LogP contribution >= 0.6 is 0 Å². The van der Waals surface area contributed by atoms with Crippen molar-refractivity contribution < 1.29 is 19.1 Å². The van der Waals surface area contributed by atoms with E-state index >= 15 is 0 Å². The molecule has 1 saturated heterocycles. The number of hydrogen-bond donors (Lipinski definition) is 0. The highest BCUT2D eigenvalue weighted by Crippen LogP contribution is 2.35. The van der Waals surface area contributed by atoms with Gasteiger partial charge in [0.15, 0.2) is 0 Å². The number of ether oxygens (including phenoxy) is 2. The lowest BCUT2D eigenvalue weighted by molar-refractivity contribution is -0.179. The molecule has 36 heavy (non-hydrogen) atoms. The zero-order valence-electron chi connectivity index (χ0n) is 21.1. The number of fused-ring (bicyclic) bond motifs is 2. The summed E-state index contributed by atoms with van der Waals surface area (Å²) in [6.07, 6.45) is -0.0306. The number of carbonyl (C=O) groups is 1. The molecular formula is C31H33NO4. The van der Waals surface area contributed by atoms with Crippen LogP contribution in [0.25, 0.3) is 21.5 Å². The van der Waals surface area contributed by atoms with Crippen LogP contribution in [0.1, 0.15) is 44.2 Å². The van der Waals surface area contributed by atoms with Crippen molar-refractivity contribution in [3.63, 3.8) is 0 Å². The summed E-state index contributed by atoms with van der Waals surface area (Å²) in [6.45, 7) is 7.06. The quantitative estimate of drug-likeness (QED) is 0.280. The average Bonchev–Trinajstić information content (AvgIpc) is 2.86. The van der Waals surface area contributed by atoms with Crippen LogP contribution in [0.5, 0.6) is 0 Å². The van der Waals surface area contributed by atoms with E-state index in [9.17, 15) is 4.79 Å².